The van der Waals surface area contributed by atoms with Crippen LogP contribution in [-0.4, -0.2) is 23.0 Å². The number of hydrogen-bond donors (Lipinski definition) is 0. The zero-order valence-corrected chi connectivity index (χ0v) is 22.0. The van der Waals surface area contributed by atoms with Crippen LogP contribution in [0.3, 0.4) is 0 Å². The van der Waals surface area contributed by atoms with Crippen LogP contribution in [0.25, 0.3) is 0 Å². The van der Waals surface area contributed by atoms with E-state index in [1.807, 2.05) is 36.4 Å². The van der Waals surface area contributed by atoms with E-state index < -0.39 is 11.8 Å². The van der Waals surface area contributed by atoms with E-state index in [1.54, 1.807) is 31.2 Å². The second-order valence-corrected chi connectivity index (χ2v) is 10.4. The fourth-order valence-electron chi connectivity index (χ4n) is 4.55. The normalized spacial score (nSPS) is 15.6. The van der Waals surface area contributed by atoms with E-state index in [9.17, 15) is 4.79 Å². The van der Waals surface area contributed by atoms with Crippen LogP contribution in [0.15, 0.2) is 65.1 Å². The van der Waals surface area contributed by atoms with E-state index in [4.69, 9.17) is 9.47 Å². The smallest absolute Gasteiger partial charge is 0.347 e. The van der Waals surface area contributed by atoms with Gasteiger partial charge in [-0.1, -0.05) is 55.0 Å². The molecule has 0 unspecified atom stereocenters. The van der Waals surface area contributed by atoms with Gasteiger partial charge in [0.15, 0.2) is 0 Å². The first kappa shape index (κ1) is 25.4. The first-order chi connectivity index (χ1) is 16.8. The van der Waals surface area contributed by atoms with Crippen LogP contribution in [-0.2, 0) is 13.2 Å². The molecule has 4 rings (SSSR count). The molecule has 1 aliphatic heterocycles. The molecule has 0 spiro atoms. The molecule has 1 heterocycles. The van der Waals surface area contributed by atoms with E-state index in [-0.39, 0.29) is 23.3 Å². The maximum absolute atomic E-state index is 15.9. The predicted molar refractivity (Wildman–Crippen MR) is 139 cm³/mol. The summed E-state index contributed by atoms with van der Waals surface area (Å²) in [5.41, 5.74) is 1.73. The lowest BCUT2D eigenvalue weighted by Gasteiger charge is -2.43. The van der Waals surface area contributed by atoms with Gasteiger partial charge in [-0.3, -0.25) is 4.90 Å². The van der Waals surface area contributed by atoms with Gasteiger partial charge in [0.1, 0.15) is 29.5 Å². The number of carbonyl (C=O) groups is 1. The summed E-state index contributed by atoms with van der Waals surface area (Å²) in [5, 5.41) is 0. The molecule has 3 aromatic carbocycles. The van der Waals surface area contributed by atoms with Gasteiger partial charge >= 0.3 is 5.97 Å². The van der Waals surface area contributed by atoms with Crippen molar-refractivity contribution in [1.82, 2.24) is 4.90 Å². The number of rotatable bonds is 7. The molecule has 0 radical (unpaired) electrons. The van der Waals surface area contributed by atoms with Crippen molar-refractivity contribution in [1.29, 1.82) is 0 Å². The Kier molecular flexibility index (Phi) is 7.92. The van der Waals surface area contributed by atoms with E-state index in [2.05, 4.69) is 34.7 Å². The molecule has 1 aliphatic rings. The highest BCUT2D eigenvalue weighted by molar-refractivity contribution is 9.10. The third-order valence-corrected chi connectivity index (χ3v) is 7.55. The SMILES string of the molecule is Cc1c(F)c(CN2CCCCC2(C)C)c(Br)c(OCc2ccccc2)c1C(=O)Oc1ccccc1. The number of benzene rings is 3. The lowest BCUT2D eigenvalue weighted by molar-refractivity contribution is 0.0673. The summed E-state index contributed by atoms with van der Waals surface area (Å²) < 4.78 is 28.1. The Bertz CT molecular complexity index is 1180. The lowest BCUT2D eigenvalue weighted by atomic mass is 9.89. The minimum absolute atomic E-state index is 0.0337. The first-order valence-corrected chi connectivity index (χ1v) is 12.8. The molecular formula is C29H31BrFNO3. The van der Waals surface area contributed by atoms with Gasteiger partial charge in [0.05, 0.1) is 4.47 Å². The fourth-order valence-corrected chi connectivity index (χ4v) is 5.16. The van der Waals surface area contributed by atoms with Gasteiger partial charge in [0, 0.05) is 23.2 Å². The van der Waals surface area contributed by atoms with Crippen molar-refractivity contribution in [3.05, 3.63) is 93.2 Å². The Balaban J connectivity index is 1.74. The predicted octanol–water partition coefficient (Wildman–Crippen LogP) is 7.46. The molecule has 0 aliphatic carbocycles. The van der Waals surface area contributed by atoms with Gasteiger partial charge < -0.3 is 9.47 Å². The van der Waals surface area contributed by atoms with Crippen LogP contribution in [0.5, 0.6) is 11.5 Å². The van der Waals surface area contributed by atoms with E-state index in [0.717, 1.165) is 24.9 Å². The van der Waals surface area contributed by atoms with Gasteiger partial charge in [-0.15, -0.1) is 0 Å². The highest BCUT2D eigenvalue weighted by Gasteiger charge is 2.33. The number of esters is 1. The van der Waals surface area contributed by atoms with Crippen molar-refractivity contribution in [2.75, 3.05) is 6.54 Å². The average Bonchev–Trinajstić information content (AvgIpc) is 2.85. The Hall–Kier alpha value is -2.70. The highest BCUT2D eigenvalue weighted by Crippen LogP contribution is 2.40. The van der Waals surface area contributed by atoms with E-state index in [1.165, 1.54) is 6.42 Å². The second-order valence-electron chi connectivity index (χ2n) is 9.60. The molecule has 1 fully saturated rings. The number of likely N-dealkylation sites (tertiary alicyclic amines) is 1. The minimum atomic E-state index is -0.652. The zero-order valence-electron chi connectivity index (χ0n) is 20.4. The standard InChI is InChI=1S/C29H31BrFNO3/c1-20-24(28(33)35-22-14-8-5-9-15-22)27(34-19-21-12-6-4-7-13-21)25(30)23(26(20)31)18-32-17-11-10-16-29(32,2)3/h4-9,12-15H,10-11,16-19H2,1-3H3. The van der Waals surface area contributed by atoms with Crippen molar-refractivity contribution in [3.63, 3.8) is 0 Å². The molecule has 0 bridgehead atoms. The number of piperidine rings is 1. The van der Waals surface area contributed by atoms with Gasteiger partial charge in [0.25, 0.3) is 0 Å². The number of carbonyl (C=O) groups excluding carboxylic acids is 1. The number of hydrogen-bond acceptors (Lipinski definition) is 4. The molecule has 4 nitrogen and oxygen atoms in total. The van der Waals surface area contributed by atoms with Crippen molar-refractivity contribution in [2.24, 2.45) is 0 Å². The molecule has 0 aromatic heterocycles. The summed E-state index contributed by atoms with van der Waals surface area (Å²) in [7, 11) is 0. The number of ether oxygens (including phenoxy) is 2. The average molecular weight is 540 g/mol. The molecule has 0 saturated carbocycles. The molecule has 0 N–H and O–H groups in total. The van der Waals surface area contributed by atoms with Crippen LogP contribution < -0.4 is 9.47 Å². The third kappa shape index (κ3) is 5.76. The number of halogens is 2. The van der Waals surface area contributed by atoms with Crippen LogP contribution in [0.4, 0.5) is 4.39 Å². The highest BCUT2D eigenvalue weighted by atomic mass is 79.9. The second kappa shape index (κ2) is 10.9. The molecular weight excluding hydrogens is 509 g/mol. The number of nitrogens with zero attached hydrogens (tertiary/aromatic N) is 1. The van der Waals surface area contributed by atoms with E-state index >= 15 is 4.39 Å². The quantitative estimate of drug-likeness (QED) is 0.230. The Morgan fingerprint density at radius 2 is 1.71 bits per heavy atom. The van der Waals surface area contributed by atoms with Gasteiger partial charge in [0.2, 0.25) is 0 Å². The Morgan fingerprint density at radius 1 is 1.06 bits per heavy atom. The Labute approximate surface area is 215 Å². The maximum Gasteiger partial charge on any atom is 0.347 e. The van der Waals surface area contributed by atoms with Crippen LogP contribution in [0.1, 0.15) is 60.2 Å². The molecule has 6 heteroatoms. The summed E-state index contributed by atoms with van der Waals surface area (Å²) in [5.74, 6) is -0.369. The summed E-state index contributed by atoms with van der Waals surface area (Å²) in [6, 6.07) is 18.5. The first-order valence-electron chi connectivity index (χ1n) is 12.0. The van der Waals surface area contributed by atoms with Crippen molar-refractivity contribution in [3.8, 4) is 11.5 Å². The summed E-state index contributed by atoms with van der Waals surface area (Å²) in [6.07, 6.45) is 3.31. The Morgan fingerprint density at radius 3 is 2.37 bits per heavy atom. The number of para-hydroxylation sites is 1. The molecule has 0 atom stereocenters. The summed E-state index contributed by atoms with van der Waals surface area (Å²) in [4.78, 5) is 15.6. The van der Waals surface area contributed by atoms with Crippen molar-refractivity contribution in [2.45, 2.75) is 58.7 Å². The van der Waals surface area contributed by atoms with Crippen LogP contribution >= 0.6 is 15.9 Å². The summed E-state index contributed by atoms with van der Waals surface area (Å²) in [6.45, 7) is 7.58. The van der Waals surface area contributed by atoms with Crippen LogP contribution in [0.2, 0.25) is 0 Å². The maximum atomic E-state index is 15.9. The molecule has 1 saturated heterocycles. The molecule has 0 amide bonds. The topological polar surface area (TPSA) is 38.8 Å². The lowest BCUT2D eigenvalue weighted by Crippen LogP contribution is -2.46. The summed E-state index contributed by atoms with van der Waals surface area (Å²) >= 11 is 3.61. The van der Waals surface area contributed by atoms with Crippen LogP contribution in [0, 0.1) is 12.7 Å². The van der Waals surface area contributed by atoms with Gasteiger partial charge in [-0.05, 0) is 73.8 Å². The fraction of sp³-hybridized carbons (Fsp3) is 0.345. The van der Waals surface area contributed by atoms with Crippen molar-refractivity contribution >= 4 is 21.9 Å². The monoisotopic (exact) mass is 539 g/mol. The molecule has 35 heavy (non-hydrogen) atoms. The van der Waals surface area contributed by atoms with Crippen molar-refractivity contribution < 1.29 is 18.7 Å². The van der Waals surface area contributed by atoms with Gasteiger partial charge in [-0.25, -0.2) is 9.18 Å². The third-order valence-electron chi connectivity index (χ3n) is 6.72. The zero-order chi connectivity index (χ0) is 25.0. The largest absolute Gasteiger partial charge is 0.487 e. The van der Waals surface area contributed by atoms with Gasteiger partial charge in [-0.2, -0.15) is 0 Å². The molecule has 3 aromatic rings. The van der Waals surface area contributed by atoms with E-state index in [0.29, 0.717) is 28.1 Å². The minimum Gasteiger partial charge on any atom is -0.487 e. The molecule has 184 valence electrons.